The molecule has 5 nitrogen and oxygen atoms in total. The first-order valence-corrected chi connectivity index (χ1v) is 31.5. The molecule has 4 atom stereocenters. The van der Waals surface area contributed by atoms with E-state index in [9.17, 15) is 0 Å². The maximum atomic E-state index is 2.72. The van der Waals surface area contributed by atoms with Crippen molar-refractivity contribution in [2.45, 2.75) is 111 Å². The average molecular weight is 1130 g/mol. The van der Waals surface area contributed by atoms with E-state index in [1.807, 2.05) is 0 Å². The Balaban J connectivity index is 1.09. The number of benzene rings is 10. The largest absolute Gasteiger partial charge is 0.498 e. The maximum absolute atomic E-state index is 2.72. The molecule has 0 bridgehead atoms. The predicted octanol–water partition coefficient (Wildman–Crippen LogP) is 21.5. The van der Waals surface area contributed by atoms with Crippen LogP contribution >= 0.6 is 0 Å². The van der Waals surface area contributed by atoms with Gasteiger partial charge >= 0.3 is 12.1 Å². The summed E-state index contributed by atoms with van der Waals surface area (Å²) in [5.41, 5.74) is 30.5. The minimum absolute atomic E-state index is 0.0999. The van der Waals surface area contributed by atoms with Crippen molar-refractivity contribution in [3.63, 3.8) is 0 Å². The van der Waals surface area contributed by atoms with Crippen LogP contribution in [-0.2, 0) is 21.7 Å². The molecule has 5 aliphatic rings. The molecule has 87 heavy (non-hydrogen) atoms. The highest BCUT2D eigenvalue weighted by atomic mass is 16.2. The first-order chi connectivity index (χ1) is 41.7. The molecule has 1 fully saturated rings. The molecule has 424 valence electrons. The molecule has 2 aromatic heterocycles. The van der Waals surface area contributed by atoms with Gasteiger partial charge in [0.25, 0.3) is 22.7 Å². The third kappa shape index (κ3) is 6.62. The molecule has 2 spiro atoms. The van der Waals surface area contributed by atoms with Crippen LogP contribution in [0.25, 0.3) is 94.4 Å². The molecule has 1 saturated heterocycles. The fourth-order valence-electron chi connectivity index (χ4n) is 16.4. The molecule has 7 heterocycles. The Kier molecular flexibility index (Phi) is 10.3. The van der Waals surface area contributed by atoms with Crippen LogP contribution in [0.1, 0.15) is 105 Å². The van der Waals surface area contributed by atoms with E-state index in [-0.39, 0.29) is 27.9 Å². The molecule has 17 rings (SSSR count). The lowest BCUT2D eigenvalue weighted by Gasteiger charge is -2.35. The van der Waals surface area contributed by atoms with Crippen LogP contribution in [0.3, 0.4) is 0 Å². The Hall–Kier alpha value is -8.97. The monoisotopic (exact) mass is 1130 g/mol. The van der Waals surface area contributed by atoms with E-state index >= 15 is 0 Å². The Morgan fingerprint density at radius 3 is 1.33 bits per heavy atom. The van der Waals surface area contributed by atoms with E-state index in [1.165, 1.54) is 145 Å². The van der Waals surface area contributed by atoms with Crippen LogP contribution in [0.4, 0.5) is 34.1 Å². The van der Waals surface area contributed by atoms with Crippen LogP contribution in [0, 0.1) is 0 Å². The molecule has 12 aromatic rings. The summed E-state index contributed by atoms with van der Waals surface area (Å²) >= 11 is 0. The Labute approximate surface area is 512 Å². The second-order valence-corrected chi connectivity index (χ2v) is 29.7. The quantitative estimate of drug-likeness (QED) is 0.0923. The van der Waals surface area contributed by atoms with Gasteiger partial charge in [0.1, 0.15) is 5.52 Å². The molecule has 4 unspecified atom stereocenters. The normalized spacial score (nSPS) is 20.0. The standard InChI is InChI=1S/C82H75N5/c1-79(2,3)55-43-53(44-56(47-55)80(4,5)6)59-32-25-33-60(54-45-57(81(7,8)9)48-58(46-54)82(10,11)12)75(59)87-71-37-22-21-36-70(71)86(87)72-38-26-34-63-67-49-65(51-27-15-13-16-28-51)66(52-29-17-14-18-30-52)50-68(67)64-41-40-62-61-31-19-20-35-69(61)84-73-39-23-24-42-83(73)85(76(63)72,78(86)87)77(64)74(62)84/h13-50,78H,1-12H3/q+4. The van der Waals surface area contributed by atoms with Crippen LogP contribution in [0.5, 0.6) is 0 Å². The van der Waals surface area contributed by atoms with Gasteiger partial charge in [0.05, 0.1) is 11.1 Å². The summed E-state index contributed by atoms with van der Waals surface area (Å²) in [7, 11) is 0. The van der Waals surface area contributed by atoms with Crippen molar-refractivity contribution in [1.82, 2.24) is 18.3 Å². The first kappa shape index (κ1) is 52.4. The van der Waals surface area contributed by atoms with Gasteiger partial charge < -0.3 is 0 Å². The van der Waals surface area contributed by atoms with Gasteiger partial charge in [-0.3, -0.25) is 0 Å². The number of hydrogen-bond donors (Lipinski definition) is 0. The van der Waals surface area contributed by atoms with E-state index in [0.717, 1.165) is 5.82 Å². The molecule has 5 heteroatoms. The van der Waals surface area contributed by atoms with Crippen LogP contribution in [-0.4, -0.2) is 10.9 Å². The van der Waals surface area contributed by atoms with Crippen molar-refractivity contribution in [3.05, 3.63) is 253 Å². The smallest absolute Gasteiger partial charge is 0.181 e. The zero-order valence-corrected chi connectivity index (χ0v) is 52.3. The highest BCUT2D eigenvalue weighted by Crippen LogP contribution is 2.86. The van der Waals surface area contributed by atoms with Gasteiger partial charge in [0.15, 0.2) is 6.20 Å². The number of pyridine rings is 1. The summed E-state index contributed by atoms with van der Waals surface area (Å²) in [6.07, 6.45) is 2.25. The molecular weight excluding hydrogens is 1050 g/mol. The number of hydrogen-bond acceptors (Lipinski definition) is 0. The summed E-state index contributed by atoms with van der Waals surface area (Å²) in [5.74, 6) is 1.15. The topological polar surface area (TPSA) is 8.81 Å². The van der Waals surface area contributed by atoms with Gasteiger partial charge in [-0.1, -0.05) is 223 Å². The average Bonchev–Trinajstić information content (AvgIpc) is 1.39. The van der Waals surface area contributed by atoms with E-state index < -0.39 is 0 Å². The highest BCUT2D eigenvalue weighted by molar-refractivity contribution is 6.21. The maximum Gasteiger partial charge on any atom is 0.498 e. The van der Waals surface area contributed by atoms with Crippen LogP contribution in [0.15, 0.2) is 231 Å². The molecular formula is C82H75N5+4. The van der Waals surface area contributed by atoms with Crippen LogP contribution in [0.2, 0.25) is 0 Å². The third-order valence-corrected chi connectivity index (χ3v) is 20.6. The summed E-state index contributed by atoms with van der Waals surface area (Å²) in [6, 6.07) is 87.8. The lowest BCUT2D eigenvalue weighted by molar-refractivity contribution is -0.793. The molecule has 0 N–H and O–H groups in total. The number of fused-ring (bicyclic) bond motifs is 11. The Morgan fingerprint density at radius 2 is 0.782 bits per heavy atom. The first-order valence-electron chi connectivity index (χ1n) is 31.5. The van der Waals surface area contributed by atoms with Crippen molar-refractivity contribution in [2.75, 3.05) is 0 Å². The number of para-hydroxylation sites is 5. The zero-order chi connectivity index (χ0) is 59.7. The second kappa shape index (κ2) is 17.2. The van der Waals surface area contributed by atoms with E-state index in [0.29, 0.717) is 13.8 Å². The van der Waals surface area contributed by atoms with Crippen LogP contribution < -0.4 is 18.5 Å². The number of aromatic nitrogens is 2. The SMILES string of the molecule is CC(C)(C)c1cc(-c2cccc(-c3cc(C(C)(C)C)cc(C(C)(C)C)c3)c2[N+]23c4ccccc4[N+]24c2cccc5c2[N+]2(c6c(ccc7c8ccccc8n(c67)-c6cccc[n+]62)-c2cc(-c6ccccc6)c(-c6ccccc6)cc2-5)C43)cc(C(C)(C)C)c1. The van der Waals surface area contributed by atoms with E-state index in [4.69, 9.17) is 0 Å². The fourth-order valence-corrected chi connectivity index (χ4v) is 16.4. The van der Waals surface area contributed by atoms with Crippen molar-refractivity contribution < 1.29 is 4.68 Å². The van der Waals surface area contributed by atoms with Crippen molar-refractivity contribution in [1.29, 1.82) is 0 Å². The number of quaternary nitrogens is 3. The second-order valence-electron chi connectivity index (χ2n) is 29.7. The highest BCUT2D eigenvalue weighted by Gasteiger charge is 3.11. The molecule has 10 aromatic carbocycles. The van der Waals surface area contributed by atoms with Gasteiger partial charge in [-0.05, 0) is 154 Å². The van der Waals surface area contributed by atoms with E-state index in [2.05, 4.69) is 323 Å². The van der Waals surface area contributed by atoms with Crippen molar-refractivity contribution in [3.8, 4) is 72.6 Å². The summed E-state index contributed by atoms with van der Waals surface area (Å²) in [5, 5.41) is 2.53. The summed E-state index contributed by atoms with van der Waals surface area (Å²) in [6.45, 7) is 28.6. The van der Waals surface area contributed by atoms with Gasteiger partial charge in [0, 0.05) is 59.9 Å². The molecule has 5 aliphatic heterocycles. The summed E-state index contributed by atoms with van der Waals surface area (Å²) in [4.78, 5) is 0. The van der Waals surface area contributed by atoms with Crippen molar-refractivity contribution >= 4 is 55.9 Å². The predicted molar refractivity (Wildman–Crippen MR) is 365 cm³/mol. The molecule has 0 saturated carbocycles. The van der Waals surface area contributed by atoms with Crippen molar-refractivity contribution in [2.24, 2.45) is 0 Å². The minimum atomic E-state index is -0.182. The molecule has 0 aliphatic carbocycles. The minimum Gasteiger partial charge on any atom is -0.181 e. The summed E-state index contributed by atoms with van der Waals surface area (Å²) < 4.78 is 7.00. The fraction of sp³-hybridized carbons (Fsp3) is 0.207. The molecule has 0 amide bonds. The third-order valence-electron chi connectivity index (χ3n) is 20.6. The Morgan fingerprint density at radius 1 is 0.322 bits per heavy atom. The molecule has 0 radical (unpaired) electrons. The van der Waals surface area contributed by atoms with Gasteiger partial charge in [0.2, 0.25) is 16.9 Å². The van der Waals surface area contributed by atoms with Gasteiger partial charge in [-0.15, -0.1) is 0 Å². The zero-order valence-electron chi connectivity index (χ0n) is 52.3. The number of rotatable bonds is 5. The van der Waals surface area contributed by atoms with E-state index in [1.54, 1.807) is 0 Å². The Bertz CT molecular complexity index is 4820. The lowest BCUT2D eigenvalue weighted by atomic mass is 9.77. The number of nitrogens with zero attached hydrogens (tertiary/aromatic N) is 5. The lowest BCUT2D eigenvalue weighted by Crippen LogP contribution is -2.74. The van der Waals surface area contributed by atoms with Gasteiger partial charge in [-0.2, -0.15) is 4.57 Å². The van der Waals surface area contributed by atoms with Gasteiger partial charge in [-0.25, -0.2) is 0 Å².